The van der Waals surface area contributed by atoms with Crippen LogP contribution in [0.4, 0.5) is 0 Å². The lowest BCUT2D eigenvalue weighted by Gasteiger charge is -2.22. The quantitative estimate of drug-likeness (QED) is 0.846. The van der Waals surface area contributed by atoms with Crippen molar-refractivity contribution in [2.24, 2.45) is 5.92 Å². The third-order valence-electron chi connectivity index (χ3n) is 5.62. The van der Waals surface area contributed by atoms with Crippen LogP contribution in [0.3, 0.4) is 0 Å². The minimum Gasteiger partial charge on any atom is -0.337 e. The Labute approximate surface area is 155 Å². The van der Waals surface area contributed by atoms with Crippen molar-refractivity contribution in [1.29, 1.82) is 0 Å². The third-order valence-corrected chi connectivity index (χ3v) is 5.62. The first kappa shape index (κ1) is 17.5. The Morgan fingerprint density at radius 2 is 2.00 bits per heavy atom. The Balaban J connectivity index is 1.60. The molecule has 6 nitrogen and oxygen atoms in total. The van der Waals surface area contributed by atoms with Crippen molar-refractivity contribution in [1.82, 2.24) is 24.6 Å². The zero-order valence-electron chi connectivity index (χ0n) is 16.2. The van der Waals surface area contributed by atoms with Gasteiger partial charge in [-0.25, -0.2) is 9.67 Å². The van der Waals surface area contributed by atoms with Gasteiger partial charge in [-0.15, -0.1) is 0 Å². The number of hydrogen-bond donors (Lipinski definition) is 0. The molecule has 1 saturated heterocycles. The Kier molecular flexibility index (Phi) is 4.69. The predicted molar refractivity (Wildman–Crippen MR) is 102 cm³/mol. The number of aromatic nitrogens is 3. The van der Waals surface area contributed by atoms with Crippen molar-refractivity contribution in [2.45, 2.75) is 46.6 Å². The van der Waals surface area contributed by atoms with Gasteiger partial charge >= 0.3 is 0 Å². The van der Waals surface area contributed by atoms with E-state index >= 15 is 0 Å². The lowest BCUT2D eigenvalue weighted by molar-refractivity contribution is 0.0763. The molecule has 0 N–H and O–H groups in total. The molecule has 1 amide bonds. The number of aryl methyl sites for hydroxylation is 3. The molecule has 2 aromatic heterocycles. The van der Waals surface area contributed by atoms with Crippen LogP contribution in [-0.2, 0) is 6.54 Å². The summed E-state index contributed by atoms with van der Waals surface area (Å²) >= 11 is 0. The molecule has 6 heteroatoms. The zero-order chi connectivity index (χ0) is 18.3. The average Bonchev–Trinajstić information content (AvgIpc) is 3.41. The number of nitrogens with zero attached hydrogens (tertiary/aromatic N) is 5. The fourth-order valence-corrected chi connectivity index (χ4v) is 4.06. The van der Waals surface area contributed by atoms with Crippen LogP contribution in [0.5, 0.6) is 0 Å². The van der Waals surface area contributed by atoms with Gasteiger partial charge in [-0.05, 0) is 58.6 Å². The van der Waals surface area contributed by atoms with Gasteiger partial charge in [0.2, 0.25) is 0 Å². The molecule has 2 aliphatic rings. The largest absolute Gasteiger partial charge is 0.337 e. The molecule has 140 valence electrons. The lowest BCUT2D eigenvalue weighted by atomic mass is 10.1. The second-order valence-electron chi connectivity index (χ2n) is 7.80. The molecular weight excluding hydrogens is 326 g/mol. The summed E-state index contributed by atoms with van der Waals surface area (Å²) in [5.41, 5.74) is 3.36. The average molecular weight is 355 g/mol. The lowest BCUT2D eigenvalue weighted by Crippen LogP contribution is -2.36. The van der Waals surface area contributed by atoms with E-state index in [0.717, 1.165) is 73.0 Å². The second-order valence-corrected chi connectivity index (χ2v) is 7.80. The molecule has 3 heterocycles. The molecule has 4 rings (SSSR count). The molecule has 26 heavy (non-hydrogen) atoms. The summed E-state index contributed by atoms with van der Waals surface area (Å²) < 4.78 is 1.90. The first-order chi connectivity index (χ1) is 12.6. The summed E-state index contributed by atoms with van der Waals surface area (Å²) in [5.74, 6) is 1.04. The third kappa shape index (κ3) is 3.34. The van der Waals surface area contributed by atoms with E-state index in [-0.39, 0.29) is 5.91 Å². The summed E-state index contributed by atoms with van der Waals surface area (Å²) in [6.07, 6.45) is 3.82. The highest BCUT2D eigenvalue weighted by Crippen LogP contribution is 2.30. The van der Waals surface area contributed by atoms with Crippen LogP contribution in [0.25, 0.3) is 11.0 Å². The number of rotatable bonds is 4. The molecule has 2 fully saturated rings. The Morgan fingerprint density at radius 3 is 2.73 bits per heavy atom. The van der Waals surface area contributed by atoms with E-state index in [1.807, 2.05) is 29.5 Å². The standard InChI is InChI=1S/C20H29N5O/c1-4-25-19-18(15(3)22-25)17(12-14(2)21-19)20(26)24-9-5-8-23(10-11-24)13-16-6-7-16/h12,16H,4-11,13H2,1-3H3. The fraction of sp³-hybridized carbons (Fsp3) is 0.650. The minimum absolute atomic E-state index is 0.132. The van der Waals surface area contributed by atoms with Crippen molar-refractivity contribution >= 4 is 16.9 Å². The summed E-state index contributed by atoms with van der Waals surface area (Å²) in [6.45, 7) is 11.7. The topological polar surface area (TPSA) is 54.3 Å². The highest BCUT2D eigenvalue weighted by molar-refractivity contribution is 6.06. The molecule has 1 aliphatic heterocycles. The molecule has 2 aromatic rings. The second kappa shape index (κ2) is 6.99. The van der Waals surface area contributed by atoms with Gasteiger partial charge in [0.15, 0.2) is 5.65 Å². The van der Waals surface area contributed by atoms with Gasteiger partial charge in [0.1, 0.15) is 0 Å². The molecule has 0 spiro atoms. The van der Waals surface area contributed by atoms with E-state index in [1.165, 1.54) is 19.4 Å². The smallest absolute Gasteiger partial charge is 0.254 e. The van der Waals surface area contributed by atoms with E-state index in [0.29, 0.717) is 0 Å². The van der Waals surface area contributed by atoms with Gasteiger partial charge in [-0.3, -0.25) is 4.79 Å². The van der Waals surface area contributed by atoms with E-state index in [4.69, 9.17) is 0 Å². The number of carbonyl (C=O) groups excluding carboxylic acids is 1. The number of amides is 1. The molecule has 1 saturated carbocycles. The Morgan fingerprint density at radius 1 is 1.19 bits per heavy atom. The normalized spacial score (nSPS) is 19.1. The number of pyridine rings is 1. The summed E-state index contributed by atoms with van der Waals surface area (Å²) in [4.78, 5) is 22.6. The van der Waals surface area contributed by atoms with Crippen molar-refractivity contribution < 1.29 is 4.79 Å². The van der Waals surface area contributed by atoms with Gasteiger partial charge in [0, 0.05) is 38.4 Å². The minimum atomic E-state index is 0.132. The van der Waals surface area contributed by atoms with Crippen molar-refractivity contribution in [3.05, 3.63) is 23.0 Å². The van der Waals surface area contributed by atoms with Gasteiger partial charge < -0.3 is 9.80 Å². The van der Waals surface area contributed by atoms with Gasteiger partial charge in [0.25, 0.3) is 5.91 Å². The van der Waals surface area contributed by atoms with Crippen LogP contribution < -0.4 is 0 Å². The van der Waals surface area contributed by atoms with E-state index in [9.17, 15) is 4.79 Å². The maximum atomic E-state index is 13.4. The van der Waals surface area contributed by atoms with E-state index in [2.05, 4.69) is 21.9 Å². The number of carbonyl (C=O) groups is 1. The molecule has 0 atom stereocenters. The van der Waals surface area contributed by atoms with Gasteiger partial charge in [-0.1, -0.05) is 0 Å². The van der Waals surface area contributed by atoms with Crippen molar-refractivity contribution in [2.75, 3.05) is 32.7 Å². The Hall–Kier alpha value is -1.95. The summed E-state index contributed by atoms with van der Waals surface area (Å²) in [7, 11) is 0. The maximum absolute atomic E-state index is 13.4. The van der Waals surface area contributed by atoms with Crippen LogP contribution in [0.2, 0.25) is 0 Å². The molecular formula is C20H29N5O. The van der Waals surface area contributed by atoms with Crippen molar-refractivity contribution in [3.8, 4) is 0 Å². The first-order valence-electron chi connectivity index (χ1n) is 9.93. The molecule has 0 bridgehead atoms. The highest BCUT2D eigenvalue weighted by atomic mass is 16.2. The zero-order valence-corrected chi connectivity index (χ0v) is 16.2. The first-order valence-corrected chi connectivity index (χ1v) is 9.93. The Bertz CT molecular complexity index is 823. The predicted octanol–water partition coefficient (Wildman–Crippen LogP) is 2.63. The fourth-order valence-electron chi connectivity index (χ4n) is 4.06. The molecule has 0 unspecified atom stereocenters. The monoisotopic (exact) mass is 355 g/mol. The number of fused-ring (bicyclic) bond motifs is 1. The number of hydrogen-bond acceptors (Lipinski definition) is 4. The van der Waals surface area contributed by atoms with Crippen LogP contribution in [0, 0.1) is 19.8 Å². The summed E-state index contributed by atoms with van der Waals surface area (Å²) in [5, 5.41) is 5.50. The molecule has 1 aliphatic carbocycles. The van der Waals surface area contributed by atoms with Crippen LogP contribution >= 0.6 is 0 Å². The van der Waals surface area contributed by atoms with Gasteiger partial charge in [0.05, 0.1) is 16.6 Å². The summed E-state index contributed by atoms with van der Waals surface area (Å²) in [6, 6.07) is 1.94. The highest BCUT2D eigenvalue weighted by Gasteiger charge is 2.28. The van der Waals surface area contributed by atoms with E-state index in [1.54, 1.807) is 0 Å². The van der Waals surface area contributed by atoms with E-state index < -0.39 is 0 Å². The van der Waals surface area contributed by atoms with Crippen LogP contribution in [-0.4, -0.2) is 63.2 Å². The van der Waals surface area contributed by atoms with Gasteiger partial charge in [-0.2, -0.15) is 5.10 Å². The SMILES string of the molecule is CCn1nc(C)c2c(C(=O)N3CCCN(CC4CC4)CC3)cc(C)nc21. The van der Waals surface area contributed by atoms with Crippen LogP contribution in [0.15, 0.2) is 6.07 Å². The van der Waals surface area contributed by atoms with Crippen LogP contribution in [0.1, 0.15) is 47.9 Å². The maximum Gasteiger partial charge on any atom is 0.254 e. The molecule has 0 aromatic carbocycles. The van der Waals surface area contributed by atoms with Crippen molar-refractivity contribution in [3.63, 3.8) is 0 Å². The molecule has 0 radical (unpaired) electrons.